The van der Waals surface area contributed by atoms with Crippen LogP contribution in [0, 0.1) is 0 Å². The van der Waals surface area contributed by atoms with E-state index in [4.69, 9.17) is 21.1 Å². The second kappa shape index (κ2) is 10.4. The highest BCUT2D eigenvalue weighted by molar-refractivity contribution is 6.30. The molecule has 27 heavy (non-hydrogen) atoms. The van der Waals surface area contributed by atoms with E-state index in [2.05, 4.69) is 10.6 Å². The van der Waals surface area contributed by atoms with Crippen molar-refractivity contribution in [3.8, 4) is 11.5 Å². The van der Waals surface area contributed by atoms with E-state index in [0.717, 1.165) is 11.1 Å². The molecule has 0 aromatic heterocycles. The molecule has 0 saturated carbocycles. The van der Waals surface area contributed by atoms with Crippen LogP contribution in [0.3, 0.4) is 0 Å². The Morgan fingerprint density at radius 3 is 2.33 bits per heavy atom. The van der Waals surface area contributed by atoms with Crippen molar-refractivity contribution in [3.05, 3.63) is 58.6 Å². The molecule has 0 spiro atoms. The van der Waals surface area contributed by atoms with E-state index in [0.29, 0.717) is 29.6 Å². The molecule has 2 N–H and O–H groups in total. The zero-order valence-electron chi connectivity index (χ0n) is 15.4. The Morgan fingerprint density at radius 2 is 1.67 bits per heavy atom. The molecule has 0 aliphatic carbocycles. The highest BCUT2D eigenvalue weighted by Crippen LogP contribution is 2.28. The van der Waals surface area contributed by atoms with Crippen molar-refractivity contribution in [2.75, 3.05) is 20.3 Å². The summed E-state index contributed by atoms with van der Waals surface area (Å²) in [6.07, 6.45) is 0.280. The quantitative estimate of drug-likeness (QED) is 0.690. The second-order valence-electron chi connectivity index (χ2n) is 5.81. The predicted molar refractivity (Wildman–Crippen MR) is 104 cm³/mol. The summed E-state index contributed by atoms with van der Waals surface area (Å²) in [5.74, 6) is 0.690. The molecule has 2 aromatic carbocycles. The molecule has 0 unspecified atom stereocenters. The van der Waals surface area contributed by atoms with Crippen molar-refractivity contribution in [2.45, 2.75) is 19.9 Å². The Labute approximate surface area is 163 Å². The van der Waals surface area contributed by atoms with Crippen LogP contribution in [0.1, 0.15) is 18.1 Å². The molecule has 144 valence electrons. The van der Waals surface area contributed by atoms with Gasteiger partial charge in [0, 0.05) is 18.1 Å². The Hall–Kier alpha value is -2.73. The van der Waals surface area contributed by atoms with Crippen molar-refractivity contribution >= 4 is 23.4 Å². The molecule has 2 rings (SSSR count). The van der Waals surface area contributed by atoms with Crippen LogP contribution in [0.4, 0.5) is 0 Å². The van der Waals surface area contributed by atoms with Crippen LogP contribution >= 0.6 is 11.6 Å². The predicted octanol–water partition coefficient (Wildman–Crippen LogP) is 2.72. The van der Waals surface area contributed by atoms with Gasteiger partial charge in [-0.05, 0) is 42.3 Å². The van der Waals surface area contributed by atoms with Gasteiger partial charge in [-0.1, -0.05) is 29.8 Å². The van der Waals surface area contributed by atoms with E-state index in [9.17, 15) is 9.59 Å². The van der Waals surface area contributed by atoms with Crippen LogP contribution in [0.25, 0.3) is 0 Å². The fourth-order valence-electron chi connectivity index (χ4n) is 2.38. The number of amides is 2. The van der Waals surface area contributed by atoms with Crippen LogP contribution in [-0.4, -0.2) is 32.1 Å². The SMILES string of the molecule is CCNC(=O)COc1ccc(CNC(=O)Cc2ccc(Cl)cc2)cc1OC. The average Bonchev–Trinajstić information content (AvgIpc) is 2.67. The maximum Gasteiger partial charge on any atom is 0.257 e. The van der Waals surface area contributed by atoms with E-state index in [1.165, 1.54) is 7.11 Å². The van der Waals surface area contributed by atoms with Crippen molar-refractivity contribution in [1.29, 1.82) is 0 Å². The summed E-state index contributed by atoms with van der Waals surface area (Å²) < 4.78 is 10.8. The lowest BCUT2D eigenvalue weighted by Gasteiger charge is -2.12. The molecule has 2 amide bonds. The maximum atomic E-state index is 12.1. The molecule has 0 aliphatic heterocycles. The molecule has 2 aromatic rings. The van der Waals surface area contributed by atoms with E-state index >= 15 is 0 Å². The Kier molecular flexibility index (Phi) is 7.95. The van der Waals surface area contributed by atoms with E-state index in [-0.39, 0.29) is 24.8 Å². The molecule has 0 fully saturated rings. The first kappa shape index (κ1) is 20.6. The fourth-order valence-corrected chi connectivity index (χ4v) is 2.51. The summed E-state index contributed by atoms with van der Waals surface area (Å²) in [4.78, 5) is 23.6. The third kappa shape index (κ3) is 6.83. The van der Waals surface area contributed by atoms with E-state index in [1.54, 1.807) is 24.3 Å². The number of halogens is 1. The molecule has 0 saturated heterocycles. The van der Waals surface area contributed by atoms with Crippen molar-refractivity contribution in [1.82, 2.24) is 10.6 Å². The normalized spacial score (nSPS) is 10.2. The van der Waals surface area contributed by atoms with Crippen LogP contribution in [0.15, 0.2) is 42.5 Å². The fraction of sp³-hybridized carbons (Fsp3) is 0.300. The van der Waals surface area contributed by atoms with Gasteiger partial charge in [-0.15, -0.1) is 0 Å². The minimum atomic E-state index is -0.196. The molecule has 7 heteroatoms. The van der Waals surface area contributed by atoms with Gasteiger partial charge in [-0.2, -0.15) is 0 Å². The summed E-state index contributed by atoms with van der Waals surface area (Å²) in [6.45, 7) is 2.67. The lowest BCUT2D eigenvalue weighted by Crippen LogP contribution is -2.28. The first-order valence-corrected chi connectivity index (χ1v) is 8.97. The third-order valence-corrected chi connectivity index (χ3v) is 3.98. The summed E-state index contributed by atoms with van der Waals surface area (Å²) in [5.41, 5.74) is 1.75. The van der Waals surface area contributed by atoms with Crippen molar-refractivity contribution in [3.63, 3.8) is 0 Å². The number of rotatable bonds is 9. The number of ether oxygens (including phenoxy) is 2. The first-order chi connectivity index (χ1) is 13.0. The number of hydrogen-bond acceptors (Lipinski definition) is 4. The molecule has 0 bridgehead atoms. The van der Waals surface area contributed by atoms with E-state index in [1.807, 2.05) is 25.1 Å². The van der Waals surface area contributed by atoms with Crippen LogP contribution in [0.2, 0.25) is 5.02 Å². The third-order valence-electron chi connectivity index (χ3n) is 3.73. The molecule has 0 radical (unpaired) electrons. The highest BCUT2D eigenvalue weighted by atomic mass is 35.5. The largest absolute Gasteiger partial charge is 0.493 e. The van der Waals surface area contributed by atoms with Crippen LogP contribution in [-0.2, 0) is 22.6 Å². The summed E-state index contributed by atoms with van der Waals surface area (Å²) in [6, 6.07) is 12.5. The van der Waals surface area contributed by atoms with Crippen molar-refractivity contribution in [2.24, 2.45) is 0 Å². The first-order valence-electron chi connectivity index (χ1n) is 8.59. The van der Waals surface area contributed by atoms with Crippen LogP contribution in [0.5, 0.6) is 11.5 Å². The molecular formula is C20H23ClN2O4. The van der Waals surface area contributed by atoms with E-state index < -0.39 is 0 Å². The Balaban J connectivity index is 1.89. The monoisotopic (exact) mass is 390 g/mol. The summed E-state index contributed by atoms with van der Waals surface area (Å²) in [5, 5.41) is 6.17. The van der Waals surface area contributed by atoms with Crippen LogP contribution < -0.4 is 20.1 Å². The zero-order chi connectivity index (χ0) is 19.6. The zero-order valence-corrected chi connectivity index (χ0v) is 16.1. The number of carbonyl (C=O) groups is 2. The smallest absolute Gasteiger partial charge is 0.257 e. The second-order valence-corrected chi connectivity index (χ2v) is 6.24. The topological polar surface area (TPSA) is 76.7 Å². The van der Waals surface area contributed by atoms with Crippen molar-refractivity contribution < 1.29 is 19.1 Å². The lowest BCUT2D eigenvalue weighted by atomic mass is 10.1. The highest BCUT2D eigenvalue weighted by Gasteiger charge is 2.09. The molecule has 6 nitrogen and oxygen atoms in total. The van der Waals surface area contributed by atoms with Gasteiger partial charge < -0.3 is 20.1 Å². The minimum Gasteiger partial charge on any atom is -0.493 e. The number of nitrogens with one attached hydrogen (secondary N) is 2. The maximum absolute atomic E-state index is 12.1. The summed E-state index contributed by atoms with van der Waals surface area (Å²) in [7, 11) is 1.53. The van der Waals surface area contributed by atoms with Gasteiger partial charge in [0.2, 0.25) is 5.91 Å². The minimum absolute atomic E-state index is 0.0820. The van der Waals surface area contributed by atoms with Gasteiger partial charge in [-0.25, -0.2) is 0 Å². The van der Waals surface area contributed by atoms with Gasteiger partial charge in [0.25, 0.3) is 5.91 Å². The number of benzene rings is 2. The number of methoxy groups -OCH3 is 1. The Morgan fingerprint density at radius 1 is 0.963 bits per heavy atom. The molecular weight excluding hydrogens is 368 g/mol. The Bertz CT molecular complexity index is 778. The number of hydrogen-bond donors (Lipinski definition) is 2. The summed E-state index contributed by atoms with van der Waals surface area (Å²) >= 11 is 5.84. The van der Waals surface area contributed by atoms with Gasteiger partial charge in [0.05, 0.1) is 13.5 Å². The lowest BCUT2D eigenvalue weighted by molar-refractivity contribution is -0.123. The number of likely N-dealkylation sites (N-methyl/N-ethyl adjacent to an activating group) is 1. The van der Waals surface area contributed by atoms with Gasteiger partial charge >= 0.3 is 0 Å². The van der Waals surface area contributed by atoms with Gasteiger partial charge in [0.15, 0.2) is 18.1 Å². The van der Waals surface area contributed by atoms with Gasteiger partial charge in [0.1, 0.15) is 0 Å². The average molecular weight is 391 g/mol. The van der Waals surface area contributed by atoms with Gasteiger partial charge in [-0.3, -0.25) is 9.59 Å². The standard InChI is InChI=1S/C20H23ClN2O4/c1-3-22-20(25)13-27-17-9-6-15(10-18(17)26-2)12-23-19(24)11-14-4-7-16(21)8-5-14/h4-10H,3,11-13H2,1-2H3,(H,22,25)(H,23,24). The molecule has 0 aliphatic rings. The molecule has 0 atom stereocenters. The number of carbonyl (C=O) groups excluding carboxylic acids is 2. The molecule has 0 heterocycles.